The van der Waals surface area contributed by atoms with Gasteiger partial charge in [-0.3, -0.25) is 0 Å². The Balaban J connectivity index is 3.05. The Morgan fingerprint density at radius 3 is 1.57 bits per heavy atom. The molecule has 3 N–H and O–H groups in total. The molecule has 0 aromatic carbocycles. The van der Waals surface area contributed by atoms with Crippen LogP contribution < -0.4 is 5.32 Å². The molecule has 0 heterocycles. The van der Waals surface area contributed by atoms with Gasteiger partial charge in [-0.1, -0.05) is 96.8 Å². The highest BCUT2D eigenvalue weighted by atomic mass is 16.3. The first-order chi connectivity index (χ1) is 11.3. The molecule has 0 aliphatic carbocycles. The third-order valence-electron chi connectivity index (χ3n) is 4.56. The van der Waals surface area contributed by atoms with Crippen molar-refractivity contribution in [2.45, 2.75) is 109 Å². The van der Waals surface area contributed by atoms with Crippen molar-refractivity contribution in [3.63, 3.8) is 0 Å². The molecule has 0 rings (SSSR count). The van der Waals surface area contributed by atoms with E-state index in [0.29, 0.717) is 13.1 Å². The lowest BCUT2D eigenvalue weighted by Crippen LogP contribution is -2.28. The second-order valence-electron chi connectivity index (χ2n) is 6.97. The SMILES string of the molecule is CCCCCCCCCCCCCCCCC(O)CNCCO. The van der Waals surface area contributed by atoms with Gasteiger partial charge in [0, 0.05) is 13.1 Å². The molecule has 0 aliphatic heterocycles. The van der Waals surface area contributed by atoms with Crippen LogP contribution in [0, 0.1) is 0 Å². The number of aliphatic hydroxyl groups is 2. The molecule has 0 aromatic rings. The molecule has 0 spiro atoms. The fourth-order valence-electron chi connectivity index (χ4n) is 3.02. The van der Waals surface area contributed by atoms with Gasteiger partial charge in [-0.05, 0) is 6.42 Å². The molecule has 0 aromatic heterocycles. The summed E-state index contributed by atoms with van der Waals surface area (Å²) in [6.45, 7) is 3.61. The number of aliphatic hydroxyl groups excluding tert-OH is 2. The molecule has 0 saturated carbocycles. The highest BCUT2D eigenvalue weighted by Crippen LogP contribution is 2.13. The maximum Gasteiger partial charge on any atom is 0.0664 e. The van der Waals surface area contributed by atoms with E-state index < -0.39 is 0 Å². The number of unbranched alkanes of at least 4 members (excludes halogenated alkanes) is 13. The molecular formula is C20H43NO2. The Morgan fingerprint density at radius 2 is 1.13 bits per heavy atom. The quantitative estimate of drug-likeness (QED) is 0.298. The van der Waals surface area contributed by atoms with Crippen LogP contribution in [-0.4, -0.2) is 36.0 Å². The summed E-state index contributed by atoms with van der Waals surface area (Å²) in [6, 6.07) is 0. The molecule has 0 fully saturated rings. The minimum absolute atomic E-state index is 0.144. The predicted molar refractivity (Wildman–Crippen MR) is 101 cm³/mol. The zero-order valence-corrected chi connectivity index (χ0v) is 15.7. The summed E-state index contributed by atoms with van der Waals surface area (Å²) in [7, 11) is 0. The lowest BCUT2D eigenvalue weighted by molar-refractivity contribution is 0.155. The standard InChI is InChI=1S/C20H43NO2/c1-2-3-4-5-6-7-8-9-10-11-12-13-14-15-16-20(23)19-21-17-18-22/h20-23H,2-19H2,1H3. The van der Waals surface area contributed by atoms with Crippen LogP contribution in [0.5, 0.6) is 0 Å². The normalized spacial score (nSPS) is 12.7. The van der Waals surface area contributed by atoms with Gasteiger partial charge in [0.1, 0.15) is 0 Å². The van der Waals surface area contributed by atoms with E-state index in [1.807, 2.05) is 0 Å². The van der Waals surface area contributed by atoms with Crippen molar-refractivity contribution in [1.82, 2.24) is 5.32 Å². The van der Waals surface area contributed by atoms with Crippen LogP contribution >= 0.6 is 0 Å². The summed E-state index contributed by atoms with van der Waals surface area (Å²) >= 11 is 0. The molecule has 3 heteroatoms. The maximum atomic E-state index is 9.72. The Labute approximate surface area is 145 Å². The molecule has 0 saturated heterocycles. The van der Waals surface area contributed by atoms with E-state index in [1.165, 1.54) is 83.5 Å². The summed E-state index contributed by atoms with van der Waals surface area (Å²) in [6.07, 6.45) is 19.8. The molecule has 0 radical (unpaired) electrons. The van der Waals surface area contributed by atoms with E-state index in [0.717, 1.165) is 12.8 Å². The molecule has 1 atom stereocenters. The number of rotatable bonds is 19. The van der Waals surface area contributed by atoms with Crippen molar-refractivity contribution in [3.05, 3.63) is 0 Å². The van der Waals surface area contributed by atoms with E-state index in [9.17, 15) is 5.11 Å². The van der Waals surface area contributed by atoms with E-state index in [4.69, 9.17) is 5.11 Å². The average Bonchev–Trinajstić information content (AvgIpc) is 2.55. The van der Waals surface area contributed by atoms with Crippen LogP contribution in [0.2, 0.25) is 0 Å². The summed E-state index contributed by atoms with van der Waals surface area (Å²) in [5.74, 6) is 0. The fourth-order valence-corrected chi connectivity index (χ4v) is 3.02. The van der Waals surface area contributed by atoms with Gasteiger partial charge in [-0.25, -0.2) is 0 Å². The predicted octanol–water partition coefficient (Wildman–Crippen LogP) is 4.80. The number of hydrogen-bond acceptors (Lipinski definition) is 3. The third kappa shape index (κ3) is 19.8. The van der Waals surface area contributed by atoms with Crippen LogP contribution in [0.4, 0.5) is 0 Å². The minimum atomic E-state index is -0.251. The second kappa shape index (κ2) is 19.9. The fraction of sp³-hybridized carbons (Fsp3) is 1.00. The summed E-state index contributed by atoms with van der Waals surface area (Å²) in [5.41, 5.74) is 0. The topological polar surface area (TPSA) is 52.5 Å². The maximum absolute atomic E-state index is 9.72. The van der Waals surface area contributed by atoms with Gasteiger partial charge in [-0.15, -0.1) is 0 Å². The van der Waals surface area contributed by atoms with Crippen molar-refractivity contribution >= 4 is 0 Å². The molecule has 0 bridgehead atoms. The van der Waals surface area contributed by atoms with Crippen molar-refractivity contribution < 1.29 is 10.2 Å². The highest BCUT2D eigenvalue weighted by molar-refractivity contribution is 4.59. The summed E-state index contributed by atoms with van der Waals surface area (Å²) in [5, 5.41) is 21.4. The number of nitrogens with one attached hydrogen (secondary N) is 1. The number of hydrogen-bond donors (Lipinski definition) is 3. The van der Waals surface area contributed by atoms with Crippen LogP contribution in [0.25, 0.3) is 0 Å². The first-order valence-corrected chi connectivity index (χ1v) is 10.3. The lowest BCUT2D eigenvalue weighted by atomic mass is 10.0. The third-order valence-corrected chi connectivity index (χ3v) is 4.56. The van der Waals surface area contributed by atoms with Gasteiger partial charge in [-0.2, -0.15) is 0 Å². The van der Waals surface area contributed by atoms with E-state index >= 15 is 0 Å². The molecule has 0 aliphatic rings. The summed E-state index contributed by atoms with van der Waals surface area (Å²) < 4.78 is 0. The minimum Gasteiger partial charge on any atom is -0.395 e. The Hall–Kier alpha value is -0.120. The van der Waals surface area contributed by atoms with Gasteiger partial charge in [0.05, 0.1) is 12.7 Å². The monoisotopic (exact) mass is 329 g/mol. The van der Waals surface area contributed by atoms with Crippen LogP contribution in [0.15, 0.2) is 0 Å². The Morgan fingerprint density at radius 1 is 0.696 bits per heavy atom. The van der Waals surface area contributed by atoms with Crippen LogP contribution in [0.3, 0.4) is 0 Å². The van der Waals surface area contributed by atoms with Gasteiger partial charge < -0.3 is 15.5 Å². The van der Waals surface area contributed by atoms with E-state index in [2.05, 4.69) is 12.2 Å². The lowest BCUT2D eigenvalue weighted by Gasteiger charge is -2.10. The smallest absolute Gasteiger partial charge is 0.0664 e. The first-order valence-electron chi connectivity index (χ1n) is 10.3. The van der Waals surface area contributed by atoms with Crippen molar-refractivity contribution in [3.8, 4) is 0 Å². The zero-order chi connectivity index (χ0) is 17.0. The second-order valence-corrected chi connectivity index (χ2v) is 6.97. The molecule has 1 unspecified atom stereocenters. The molecule has 23 heavy (non-hydrogen) atoms. The van der Waals surface area contributed by atoms with E-state index in [1.54, 1.807) is 0 Å². The largest absolute Gasteiger partial charge is 0.395 e. The van der Waals surface area contributed by atoms with Crippen molar-refractivity contribution in [2.75, 3.05) is 19.7 Å². The van der Waals surface area contributed by atoms with Gasteiger partial charge >= 0.3 is 0 Å². The van der Waals surface area contributed by atoms with Crippen molar-refractivity contribution in [2.24, 2.45) is 0 Å². The molecule has 140 valence electrons. The zero-order valence-electron chi connectivity index (χ0n) is 15.7. The molecule has 0 amide bonds. The van der Waals surface area contributed by atoms with E-state index in [-0.39, 0.29) is 12.7 Å². The van der Waals surface area contributed by atoms with Gasteiger partial charge in [0.15, 0.2) is 0 Å². The average molecular weight is 330 g/mol. The van der Waals surface area contributed by atoms with Gasteiger partial charge in [0.25, 0.3) is 0 Å². The molecule has 3 nitrogen and oxygen atoms in total. The first kappa shape index (κ1) is 22.9. The Bertz CT molecular complexity index is 212. The van der Waals surface area contributed by atoms with Crippen LogP contribution in [-0.2, 0) is 0 Å². The molecular weight excluding hydrogens is 286 g/mol. The van der Waals surface area contributed by atoms with Crippen molar-refractivity contribution in [1.29, 1.82) is 0 Å². The van der Waals surface area contributed by atoms with Crippen LogP contribution in [0.1, 0.15) is 103 Å². The van der Waals surface area contributed by atoms with Gasteiger partial charge in [0.2, 0.25) is 0 Å². The summed E-state index contributed by atoms with van der Waals surface area (Å²) in [4.78, 5) is 0. The highest BCUT2D eigenvalue weighted by Gasteiger charge is 2.02. The Kier molecular flexibility index (Phi) is 19.8.